The summed E-state index contributed by atoms with van der Waals surface area (Å²) in [4.78, 5) is 0. The smallest absolute Gasteiger partial charge is 0.124 e. The van der Waals surface area contributed by atoms with Gasteiger partial charge in [0.2, 0.25) is 0 Å². The maximum atomic E-state index is 12.8. The fraction of sp³-hybridized carbons (Fsp3) is 0.455. The summed E-state index contributed by atoms with van der Waals surface area (Å²) in [6.45, 7) is 1.03. The van der Waals surface area contributed by atoms with Crippen molar-refractivity contribution >= 4 is 11.6 Å². The van der Waals surface area contributed by atoms with Gasteiger partial charge in [-0.25, -0.2) is 4.39 Å². The van der Waals surface area contributed by atoms with Crippen molar-refractivity contribution < 1.29 is 4.39 Å². The summed E-state index contributed by atoms with van der Waals surface area (Å²) in [6.07, 6.45) is 3.52. The van der Waals surface area contributed by atoms with E-state index in [4.69, 9.17) is 11.6 Å². The van der Waals surface area contributed by atoms with E-state index in [2.05, 4.69) is 5.32 Å². The first-order chi connectivity index (χ1) is 6.77. The molecule has 1 nitrogen and oxygen atoms in total. The summed E-state index contributed by atoms with van der Waals surface area (Å²) in [5.41, 5.74) is 1.02. The van der Waals surface area contributed by atoms with Crippen LogP contribution in [0.25, 0.3) is 0 Å². The van der Waals surface area contributed by atoms with Crippen LogP contribution in [0.5, 0.6) is 0 Å². The molecule has 0 bridgehead atoms. The van der Waals surface area contributed by atoms with E-state index >= 15 is 0 Å². The van der Waals surface area contributed by atoms with E-state index in [-0.39, 0.29) is 5.82 Å². The molecule has 3 heteroatoms. The Morgan fingerprint density at radius 2 is 2.21 bits per heavy atom. The van der Waals surface area contributed by atoms with Gasteiger partial charge in [0, 0.05) is 11.1 Å². The summed E-state index contributed by atoms with van der Waals surface area (Å²) in [5.74, 6) is -0.269. The number of halogens is 2. The highest BCUT2D eigenvalue weighted by atomic mass is 35.5. The van der Waals surface area contributed by atoms with Gasteiger partial charge < -0.3 is 5.32 Å². The quantitative estimate of drug-likeness (QED) is 0.755. The molecule has 1 saturated heterocycles. The van der Waals surface area contributed by atoms with Gasteiger partial charge in [-0.3, -0.25) is 0 Å². The summed E-state index contributed by atoms with van der Waals surface area (Å²) < 4.78 is 12.8. The highest BCUT2D eigenvalue weighted by molar-refractivity contribution is 6.31. The van der Waals surface area contributed by atoms with Crippen LogP contribution >= 0.6 is 11.6 Å². The Balaban J connectivity index is 2.22. The van der Waals surface area contributed by atoms with Crippen LogP contribution in [-0.4, -0.2) is 6.54 Å². The van der Waals surface area contributed by atoms with Gasteiger partial charge in [-0.05, 0) is 37.1 Å². The van der Waals surface area contributed by atoms with Crippen molar-refractivity contribution in [3.05, 3.63) is 34.6 Å². The van der Waals surface area contributed by atoms with Crippen molar-refractivity contribution in [2.45, 2.75) is 25.3 Å². The van der Waals surface area contributed by atoms with Gasteiger partial charge in [-0.15, -0.1) is 0 Å². The SMILES string of the molecule is Fc1ccc(C2CCCCN2)c(Cl)c1. The molecule has 0 spiro atoms. The van der Waals surface area contributed by atoms with Crippen LogP contribution < -0.4 is 5.32 Å². The van der Waals surface area contributed by atoms with Gasteiger partial charge in [-0.2, -0.15) is 0 Å². The predicted octanol–water partition coefficient (Wildman–Crippen LogP) is 3.29. The molecule has 2 rings (SSSR count). The summed E-state index contributed by atoms with van der Waals surface area (Å²) >= 11 is 5.98. The Bertz CT molecular complexity index is 321. The summed E-state index contributed by atoms with van der Waals surface area (Å²) in [7, 11) is 0. The van der Waals surface area contributed by atoms with Crippen LogP contribution in [0.1, 0.15) is 30.9 Å². The molecule has 0 saturated carbocycles. The van der Waals surface area contributed by atoms with E-state index in [9.17, 15) is 4.39 Å². The normalized spacial score (nSPS) is 22.3. The van der Waals surface area contributed by atoms with Crippen molar-refractivity contribution in [2.24, 2.45) is 0 Å². The van der Waals surface area contributed by atoms with Gasteiger partial charge in [0.1, 0.15) is 5.82 Å². The molecule has 14 heavy (non-hydrogen) atoms. The third-order valence-electron chi connectivity index (χ3n) is 2.65. The summed E-state index contributed by atoms with van der Waals surface area (Å²) in [5, 5.41) is 3.92. The lowest BCUT2D eigenvalue weighted by molar-refractivity contribution is 0.412. The van der Waals surface area contributed by atoms with Gasteiger partial charge in [0.05, 0.1) is 0 Å². The van der Waals surface area contributed by atoms with Crippen molar-refractivity contribution in [1.29, 1.82) is 0 Å². The highest BCUT2D eigenvalue weighted by Crippen LogP contribution is 2.29. The predicted molar refractivity (Wildman–Crippen MR) is 56.0 cm³/mol. The molecule has 0 radical (unpaired) electrons. The monoisotopic (exact) mass is 213 g/mol. The van der Waals surface area contributed by atoms with Crippen LogP contribution in [0.3, 0.4) is 0 Å². The maximum Gasteiger partial charge on any atom is 0.124 e. The molecule has 1 aromatic carbocycles. The first kappa shape index (κ1) is 9.94. The van der Waals surface area contributed by atoms with E-state index in [1.165, 1.54) is 25.0 Å². The fourth-order valence-corrected chi connectivity index (χ4v) is 2.20. The van der Waals surface area contributed by atoms with Crippen molar-refractivity contribution in [3.8, 4) is 0 Å². The molecule has 0 aromatic heterocycles. The fourth-order valence-electron chi connectivity index (χ4n) is 1.90. The largest absolute Gasteiger partial charge is 0.310 e. The lowest BCUT2D eigenvalue weighted by atomic mass is 9.97. The second-order valence-corrected chi connectivity index (χ2v) is 4.08. The lowest BCUT2D eigenvalue weighted by Crippen LogP contribution is -2.26. The van der Waals surface area contributed by atoms with Crippen LogP contribution in [0.4, 0.5) is 4.39 Å². The molecular formula is C11H13ClFN. The molecular weight excluding hydrogens is 201 g/mol. The van der Waals surface area contributed by atoms with Gasteiger partial charge >= 0.3 is 0 Å². The molecule has 1 unspecified atom stereocenters. The van der Waals surface area contributed by atoms with Crippen LogP contribution in [0, 0.1) is 5.82 Å². The first-order valence-electron chi connectivity index (χ1n) is 4.96. The Labute approximate surface area is 88.3 Å². The van der Waals surface area contributed by atoms with Crippen LogP contribution in [-0.2, 0) is 0 Å². The standard InChI is InChI=1S/C11H13ClFN/c12-10-7-8(13)4-5-9(10)11-3-1-2-6-14-11/h4-5,7,11,14H,1-3,6H2. The van der Waals surface area contributed by atoms with Crippen molar-refractivity contribution in [1.82, 2.24) is 5.32 Å². The van der Waals surface area contributed by atoms with E-state index in [0.717, 1.165) is 18.5 Å². The molecule has 1 fully saturated rings. The average Bonchev–Trinajstić information content (AvgIpc) is 2.19. The zero-order valence-electron chi connectivity index (χ0n) is 7.89. The average molecular weight is 214 g/mol. The number of nitrogens with one attached hydrogen (secondary N) is 1. The number of rotatable bonds is 1. The second kappa shape index (κ2) is 4.28. The first-order valence-corrected chi connectivity index (χ1v) is 5.33. The molecule has 1 aromatic rings. The van der Waals surface area contributed by atoms with Crippen molar-refractivity contribution in [2.75, 3.05) is 6.54 Å². The number of hydrogen-bond acceptors (Lipinski definition) is 1. The number of hydrogen-bond donors (Lipinski definition) is 1. The molecule has 1 atom stereocenters. The molecule has 1 aliphatic heterocycles. The Kier molecular flexibility index (Phi) is 3.04. The number of benzene rings is 1. The van der Waals surface area contributed by atoms with Gasteiger partial charge in [-0.1, -0.05) is 24.1 Å². The van der Waals surface area contributed by atoms with Crippen LogP contribution in [0.15, 0.2) is 18.2 Å². The molecule has 1 heterocycles. The lowest BCUT2D eigenvalue weighted by Gasteiger charge is -2.24. The minimum atomic E-state index is -0.269. The minimum absolute atomic E-state index is 0.269. The number of piperidine rings is 1. The van der Waals surface area contributed by atoms with E-state index in [1.54, 1.807) is 6.07 Å². The van der Waals surface area contributed by atoms with E-state index in [0.29, 0.717) is 11.1 Å². The summed E-state index contributed by atoms with van der Waals surface area (Å²) in [6, 6.07) is 4.93. The van der Waals surface area contributed by atoms with Gasteiger partial charge in [0.25, 0.3) is 0 Å². The highest BCUT2D eigenvalue weighted by Gasteiger charge is 2.17. The minimum Gasteiger partial charge on any atom is -0.310 e. The van der Waals surface area contributed by atoms with Gasteiger partial charge in [0.15, 0.2) is 0 Å². The zero-order valence-corrected chi connectivity index (χ0v) is 8.65. The van der Waals surface area contributed by atoms with E-state index in [1.807, 2.05) is 0 Å². The maximum absolute atomic E-state index is 12.8. The topological polar surface area (TPSA) is 12.0 Å². The van der Waals surface area contributed by atoms with Crippen molar-refractivity contribution in [3.63, 3.8) is 0 Å². The molecule has 0 amide bonds. The molecule has 1 aliphatic rings. The second-order valence-electron chi connectivity index (χ2n) is 3.67. The molecule has 76 valence electrons. The Hall–Kier alpha value is -0.600. The molecule has 0 aliphatic carbocycles. The Morgan fingerprint density at radius 1 is 1.36 bits per heavy atom. The van der Waals surface area contributed by atoms with Crippen LogP contribution in [0.2, 0.25) is 5.02 Å². The molecule has 1 N–H and O–H groups in total. The third kappa shape index (κ3) is 2.07. The zero-order chi connectivity index (χ0) is 9.97. The van der Waals surface area contributed by atoms with E-state index < -0.39 is 0 Å². The third-order valence-corrected chi connectivity index (χ3v) is 2.98. The Morgan fingerprint density at radius 3 is 2.86 bits per heavy atom.